The molecule has 4 aliphatic heterocycles. The molecule has 4 heterocycles. The predicted octanol–water partition coefficient (Wildman–Crippen LogP) is 1.44. The number of ether oxygens (including phenoxy) is 9. The minimum Gasteiger partial charge on any atom is -0.462 e. The van der Waals surface area contributed by atoms with E-state index in [9.17, 15) is 39.9 Å². The zero-order valence-corrected chi connectivity index (χ0v) is 39.0. The van der Waals surface area contributed by atoms with Crippen LogP contribution >= 0.6 is 0 Å². The van der Waals surface area contributed by atoms with Gasteiger partial charge in [0.25, 0.3) is 0 Å². The summed E-state index contributed by atoms with van der Waals surface area (Å²) in [5, 5.41) is 55.5. The van der Waals surface area contributed by atoms with Crippen LogP contribution in [-0.4, -0.2) is 187 Å². The molecule has 3 fully saturated rings. The number of esters is 1. The fraction of sp³-hybridized carbons (Fsp3) is 0.844. The monoisotopic (exact) mass is 902 g/mol. The van der Waals surface area contributed by atoms with E-state index >= 15 is 0 Å². The zero-order chi connectivity index (χ0) is 47.1. The summed E-state index contributed by atoms with van der Waals surface area (Å²) in [5.41, 5.74) is -0.826. The van der Waals surface area contributed by atoms with Crippen molar-refractivity contribution in [2.24, 2.45) is 23.7 Å². The summed E-state index contributed by atoms with van der Waals surface area (Å²) in [6.45, 7) is 13.5. The molecule has 18 heteroatoms. The number of allylic oxidation sites excluding steroid dienone is 3. The van der Waals surface area contributed by atoms with Crippen molar-refractivity contribution in [2.75, 3.05) is 34.9 Å². The van der Waals surface area contributed by atoms with Crippen LogP contribution < -0.4 is 0 Å². The van der Waals surface area contributed by atoms with Gasteiger partial charge in [0.1, 0.15) is 49.0 Å². The van der Waals surface area contributed by atoms with Gasteiger partial charge >= 0.3 is 5.97 Å². The van der Waals surface area contributed by atoms with Gasteiger partial charge in [-0.2, -0.15) is 0 Å². The maximum Gasteiger partial charge on any atom is 0.308 e. The molecule has 4 aliphatic rings. The zero-order valence-electron chi connectivity index (χ0n) is 39.0. The molecule has 21 unspecified atom stereocenters. The highest BCUT2D eigenvalue weighted by Crippen LogP contribution is 2.37. The van der Waals surface area contributed by atoms with E-state index in [1.165, 1.54) is 27.2 Å². The standard InChI is InChI=1S/C45H75NO17/c1-13-32-29(21-57-44-41(56-12)40(55-11)36(51)25(5)59-44)16-22(2)14-15-30(48)23(3)17-28(20-47)38(24(4)31(49)18-33(50)61-32)63-43-37(52)35(46(9)10)39(26(6)60-43)62-34-19-45(8,54)42(53)27(7)58-34/h14-16,20,23-29,31-32,34-44,49,51-54H,13,17-19,21H2,1-12H3/b15-14-,22-16-. The lowest BCUT2D eigenvalue weighted by Crippen LogP contribution is -2.65. The molecule has 5 N–H and O–H groups in total. The SMILES string of the molecule is CCC1OC(=O)CC(O)C(C)C(OC2OC(C)C(OC3CC(C)(O)C(O)C(C)O3)C(N(C)C)C2O)C(C=O)CC(C)C(=O)/C=C\C(C)=C/C1COC1OC(C)C(O)C(OC)C1OC. The third-order valence-corrected chi connectivity index (χ3v) is 13.1. The molecular weight excluding hydrogens is 826 g/mol. The maximum atomic E-state index is 13.7. The molecule has 0 radical (unpaired) electrons. The second-order valence-corrected chi connectivity index (χ2v) is 18.4. The summed E-state index contributed by atoms with van der Waals surface area (Å²) in [5.74, 6) is -4.14. The van der Waals surface area contributed by atoms with Crippen LogP contribution in [0.1, 0.15) is 81.1 Å². The van der Waals surface area contributed by atoms with Crippen molar-refractivity contribution in [3.8, 4) is 0 Å². The first kappa shape index (κ1) is 53.3. The third kappa shape index (κ3) is 13.2. The lowest BCUT2D eigenvalue weighted by atomic mass is 9.81. The highest BCUT2D eigenvalue weighted by Gasteiger charge is 2.52. The Labute approximate surface area is 372 Å². The minimum atomic E-state index is -1.49. The Hall–Kier alpha value is -2.27. The molecule has 0 aromatic rings. The van der Waals surface area contributed by atoms with Crippen LogP contribution in [0.4, 0.5) is 0 Å². The number of likely N-dealkylation sites (N-methyl/N-ethyl adjacent to an activating group) is 1. The van der Waals surface area contributed by atoms with Crippen molar-refractivity contribution >= 4 is 18.0 Å². The second kappa shape index (κ2) is 23.5. The number of nitrogens with zero attached hydrogens (tertiary/aromatic N) is 1. The van der Waals surface area contributed by atoms with Gasteiger partial charge in [-0.1, -0.05) is 38.5 Å². The summed E-state index contributed by atoms with van der Waals surface area (Å²) in [6.07, 6.45) is -9.08. The van der Waals surface area contributed by atoms with E-state index in [1.807, 2.05) is 13.0 Å². The molecule has 0 aromatic heterocycles. The number of aldehydes is 1. The summed E-state index contributed by atoms with van der Waals surface area (Å²) >= 11 is 0. The molecule has 3 saturated heterocycles. The van der Waals surface area contributed by atoms with Crippen LogP contribution in [0.3, 0.4) is 0 Å². The summed E-state index contributed by atoms with van der Waals surface area (Å²) < 4.78 is 54.4. The van der Waals surface area contributed by atoms with Crippen LogP contribution in [0.2, 0.25) is 0 Å². The van der Waals surface area contributed by atoms with Gasteiger partial charge in [-0.05, 0) is 67.6 Å². The van der Waals surface area contributed by atoms with E-state index in [0.717, 1.165) is 0 Å². The molecule has 0 aromatic carbocycles. The first-order valence-electron chi connectivity index (χ1n) is 22.2. The molecule has 18 nitrogen and oxygen atoms in total. The molecule has 63 heavy (non-hydrogen) atoms. The van der Waals surface area contributed by atoms with Crippen molar-refractivity contribution in [3.63, 3.8) is 0 Å². The van der Waals surface area contributed by atoms with E-state index in [1.54, 1.807) is 66.6 Å². The van der Waals surface area contributed by atoms with Crippen molar-refractivity contribution in [2.45, 2.75) is 185 Å². The van der Waals surface area contributed by atoms with Gasteiger partial charge < -0.3 is 77.9 Å². The molecule has 0 bridgehead atoms. The Morgan fingerprint density at radius 2 is 1.51 bits per heavy atom. The summed E-state index contributed by atoms with van der Waals surface area (Å²) in [7, 11) is 6.40. The molecule has 0 saturated carbocycles. The third-order valence-electron chi connectivity index (χ3n) is 13.1. The number of carbonyl (C=O) groups is 3. The summed E-state index contributed by atoms with van der Waals surface area (Å²) in [6, 6.07) is -0.767. The van der Waals surface area contributed by atoms with Gasteiger partial charge in [-0.15, -0.1) is 0 Å². The van der Waals surface area contributed by atoms with Gasteiger partial charge in [0.2, 0.25) is 0 Å². The molecule has 362 valence electrons. The Bertz CT molecular complexity index is 1540. The van der Waals surface area contributed by atoms with Crippen LogP contribution in [0.25, 0.3) is 0 Å². The van der Waals surface area contributed by atoms with E-state index in [0.29, 0.717) is 18.3 Å². The molecule has 0 spiro atoms. The number of aliphatic hydroxyl groups is 5. The summed E-state index contributed by atoms with van der Waals surface area (Å²) in [4.78, 5) is 42.0. The average Bonchev–Trinajstić information content (AvgIpc) is 3.22. The fourth-order valence-corrected chi connectivity index (χ4v) is 9.19. The van der Waals surface area contributed by atoms with Gasteiger partial charge in [0.15, 0.2) is 24.7 Å². The van der Waals surface area contributed by atoms with Crippen molar-refractivity contribution in [1.82, 2.24) is 4.90 Å². The Kier molecular flexibility index (Phi) is 19.9. The number of rotatable bonds is 12. The van der Waals surface area contributed by atoms with Gasteiger partial charge in [-0.3, -0.25) is 9.59 Å². The fourth-order valence-electron chi connectivity index (χ4n) is 9.19. The normalized spacial score (nSPS) is 46.5. The number of hydrogen-bond donors (Lipinski definition) is 5. The first-order valence-corrected chi connectivity index (χ1v) is 22.2. The van der Waals surface area contributed by atoms with Crippen molar-refractivity contribution < 1.29 is 82.5 Å². The highest BCUT2D eigenvalue weighted by atomic mass is 16.7. The number of carbonyl (C=O) groups excluding carboxylic acids is 3. The average molecular weight is 902 g/mol. The minimum absolute atomic E-state index is 0.0117. The predicted molar refractivity (Wildman–Crippen MR) is 226 cm³/mol. The number of methoxy groups -OCH3 is 2. The molecule has 0 amide bonds. The Balaban J connectivity index is 1.60. The molecule has 0 aliphatic carbocycles. The van der Waals surface area contributed by atoms with Crippen LogP contribution in [0, 0.1) is 23.7 Å². The number of cyclic esters (lactones) is 1. The second-order valence-electron chi connectivity index (χ2n) is 18.4. The highest BCUT2D eigenvalue weighted by molar-refractivity contribution is 5.92. The van der Waals surface area contributed by atoms with Crippen molar-refractivity contribution in [1.29, 1.82) is 0 Å². The molecule has 4 rings (SSSR count). The lowest BCUT2D eigenvalue weighted by molar-refractivity contribution is -0.341. The number of aliphatic hydroxyl groups excluding tert-OH is 4. The van der Waals surface area contributed by atoms with Gasteiger partial charge in [0.05, 0.1) is 55.2 Å². The van der Waals surface area contributed by atoms with E-state index in [-0.39, 0.29) is 25.2 Å². The lowest BCUT2D eigenvalue weighted by Gasteiger charge is -2.50. The molecular formula is C45H75NO17. The largest absolute Gasteiger partial charge is 0.462 e. The van der Waals surface area contributed by atoms with Crippen LogP contribution in [0.15, 0.2) is 23.8 Å². The van der Waals surface area contributed by atoms with Gasteiger partial charge in [-0.25, -0.2) is 0 Å². The van der Waals surface area contributed by atoms with Crippen LogP contribution in [0.5, 0.6) is 0 Å². The Morgan fingerprint density at radius 3 is 2.10 bits per heavy atom. The van der Waals surface area contributed by atoms with E-state index in [4.69, 9.17) is 42.6 Å². The quantitative estimate of drug-likeness (QED) is 0.138. The smallest absolute Gasteiger partial charge is 0.308 e. The Morgan fingerprint density at radius 1 is 0.857 bits per heavy atom. The van der Waals surface area contributed by atoms with E-state index in [2.05, 4.69) is 0 Å². The van der Waals surface area contributed by atoms with Crippen molar-refractivity contribution in [3.05, 3.63) is 23.8 Å². The molecule has 21 atom stereocenters. The van der Waals surface area contributed by atoms with Gasteiger partial charge in [0, 0.05) is 44.3 Å². The number of ketones is 1. The number of hydrogen-bond acceptors (Lipinski definition) is 18. The van der Waals surface area contributed by atoms with E-state index < -0.39 is 140 Å². The van der Waals surface area contributed by atoms with Crippen LogP contribution in [-0.2, 0) is 57.0 Å². The maximum absolute atomic E-state index is 13.7. The first-order chi connectivity index (χ1) is 29.6. The topological polar surface area (TPSA) is 239 Å².